The standard InChI is InChI=1S/C23H25N5O2/c29-23(24-15-19-7-3-12-30-19)28-9-4-8-27(10-11-28)16-22-25-20-13-17-5-1-2-6-18(17)14-21(20)26-22/h1-3,5-7,12-14H,4,8-11,15-16H2,(H,24,29)(H,25,26). The molecule has 1 saturated heterocycles. The van der Waals surface area contributed by atoms with E-state index in [0.29, 0.717) is 13.1 Å². The van der Waals surface area contributed by atoms with E-state index in [1.54, 1.807) is 6.26 Å². The molecular formula is C23H25N5O2. The first-order valence-corrected chi connectivity index (χ1v) is 10.4. The molecule has 0 aliphatic carbocycles. The lowest BCUT2D eigenvalue weighted by Crippen LogP contribution is -2.41. The molecule has 5 rings (SSSR count). The first kappa shape index (κ1) is 18.7. The van der Waals surface area contributed by atoms with Crippen molar-refractivity contribution in [3.63, 3.8) is 0 Å². The minimum Gasteiger partial charge on any atom is -0.467 e. The summed E-state index contributed by atoms with van der Waals surface area (Å²) >= 11 is 0. The summed E-state index contributed by atoms with van der Waals surface area (Å²) in [6.45, 7) is 4.40. The van der Waals surface area contributed by atoms with Crippen LogP contribution in [-0.4, -0.2) is 52.0 Å². The first-order valence-electron chi connectivity index (χ1n) is 10.4. The van der Waals surface area contributed by atoms with Gasteiger partial charge in [-0.15, -0.1) is 0 Å². The molecule has 30 heavy (non-hydrogen) atoms. The molecule has 4 aromatic rings. The van der Waals surface area contributed by atoms with Crippen LogP contribution in [0.3, 0.4) is 0 Å². The number of nitrogens with one attached hydrogen (secondary N) is 2. The van der Waals surface area contributed by atoms with Gasteiger partial charge in [-0.05, 0) is 41.5 Å². The van der Waals surface area contributed by atoms with Gasteiger partial charge in [0.2, 0.25) is 0 Å². The third-order valence-electron chi connectivity index (χ3n) is 5.64. The monoisotopic (exact) mass is 403 g/mol. The average Bonchev–Trinajstić information content (AvgIpc) is 3.35. The number of hydrogen-bond donors (Lipinski definition) is 2. The Hall–Kier alpha value is -3.32. The van der Waals surface area contributed by atoms with Gasteiger partial charge in [-0.25, -0.2) is 9.78 Å². The number of urea groups is 1. The Bertz CT molecular complexity index is 1100. The Kier molecular flexibility index (Phi) is 5.11. The Morgan fingerprint density at radius 2 is 1.93 bits per heavy atom. The molecule has 0 atom stereocenters. The van der Waals surface area contributed by atoms with Crippen LogP contribution in [0.2, 0.25) is 0 Å². The predicted octanol–water partition coefficient (Wildman–Crippen LogP) is 3.73. The van der Waals surface area contributed by atoms with Crippen molar-refractivity contribution in [3.8, 4) is 0 Å². The van der Waals surface area contributed by atoms with Gasteiger partial charge in [0, 0.05) is 26.2 Å². The van der Waals surface area contributed by atoms with Crippen molar-refractivity contribution in [2.45, 2.75) is 19.5 Å². The van der Waals surface area contributed by atoms with Crippen LogP contribution in [0.1, 0.15) is 18.0 Å². The van der Waals surface area contributed by atoms with E-state index in [0.717, 1.165) is 55.2 Å². The lowest BCUT2D eigenvalue weighted by atomic mass is 10.1. The van der Waals surface area contributed by atoms with Gasteiger partial charge in [0.15, 0.2) is 0 Å². The lowest BCUT2D eigenvalue weighted by molar-refractivity contribution is 0.196. The predicted molar refractivity (Wildman–Crippen MR) is 116 cm³/mol. The van der Waals surface area contributed by atoms with E-state index in [9.17, 15) is 4.79 Å². The number of aromatic nitrogens is 2. The molecule has 0 radical (unpaired) electrons. The van der Waals surface area contributed by atoms with Gasteiger partial charge in [-0.3, -0.25) is 4.90 Å². The topological polar surface area (TPSA) is 77.4 Å². The summed E-state index contributed by atoms with van der Waals surface area (Å²) in [6, 6.07) is 16.3. The fourth-order valence-corrected chi connectivity index (χ4v) is 4.06. The van der Waals surface area contributed by atoms with Gasteiger partial charge in [0.05, 0.1) is 30.4 Å². The van der Waals surface area contributed by atoms with Crippen molar-refractivity contribution in [2.75, 3.05) is 26.2 Å². The number of carbonyl (C=O) groups excluding carboxylic acids is 1. The number of H-pyrrole nitrogens is 1. The second-order valence-electron chi connectivity index (χ2n) is 7.75. The molecule has 0 unspecified atom stereocenters. The van der Waals surface area contributed by atoms with Gasteiger partial charge >= 0.3 is 6.03 Å². The van der Waals surface area contributed by atoms with Crippen molar-refractivity contribution in [3.05, 3.63) is 66.4 Å². The number of benzene rings is 2. The van der Waals surface area contributed by atoms with Gasteiger partial charge in [0.1, 0.15) is 11.6 Å². The molecule has 2 N–H and O–H groups in total. The van der Waals surface area contributed by atoms with Gasteiger partial charge < -0.3 is 19.6 Å². The van der Waals surface area contributed by atoms with Crippen molar-refractivity contribution in [1.29, 1.82) is 0 Å². The Balaban J connectivity index is 1.21. The summed E-state index contributed by atoms with van der Waals surface area (Å²) < 4.78 is 5.28. The number of nitrogens with zero attached hydrogens (tertiary/aromatic N) is 3. The summed E-state index contributed by atoms with van der Waals surface area (Å²) in [5.41, 5.74) is 2.06. The van der Waals surface area contributed by atoms with E-state index in [1.165, 1.54) is 10.8 Å². The van der Waals surface area contributed by atoms with Crippen LogP contribution < -0.4 is 5.32 Å². The Morgan fingerprint density at radius 3 is 2.77 bits per heavy atom. The van der Waals surface area contributed by atoms with Crippen molar-refractivity contribution in [2.24, 2.45) is 0 Å². The molecule has 154 valence electrons. The van der Waals surface area contributed by atoms with Gasteiger partial charge in [0.25, 0.3) is 0 Å². The van der Waals surface area contributed by atoms with Crippen molar-refractivity contribution in [1.82, 2.24) is 25.1 Å². The van der Waals surface area contributed by atoms with Crippen LogP contribution in [0.4, 0.5) is 4.79 Å². The number of fused-ring (bicyclic) bond motifs is 2. The summed E-state index contributed by atoms with van der Waals surface area (Å²) in [5, 5.41) is 5.35. The number of amides is 2. The molecule has 0 saturated carbocycles. The van der Waals surface area contributed by atoms with Gasteiger partial charge in [-0.2, -0.15) is 0 Å². The number of furan rings is 1. The zero-order chi connectivity index (χ0) is 20.3. The normalized spacial score (nSPS) is 15.5. The van der Waals surface area contributed by atoms with E-state index >= 15 is 0 Å². The summed E-state index contributed by atoms with van der Waals surface area (Å²) in [7, 11) is 0. The molecule has 7 nitrogen and oxygen atoms in total. The zero-order valence-corrected chi connectivity index (χ0v) is 16.8. The smallest absolute Gasteiger partial charge is 0.317 e. The molecule has 3 heterocycles. The fraction of sp³-hybridized carbons (Fsp3) is 0.304. The molecule has 1 aliphatic rings. The van der Waals surface area contributed by atoms with Crippen molar-refractivity contribution >= 4 is 27.8 Å². The molecule has 7 heteroatoms. The molecule has 1 aliphatic heterocycles. The maximum absolute atomic E-state index is 12.5. The van der Waals surface area contributed by atoms with E-state index in [-0.39, 0.29) is 6.03 Å². The minimum absolute atomic E-state index is 0.0383. The number of hydrogen-bond acceptors (Lipinski definition) is 4. The molecule has 2 amide bonds. The van der Waals surface area contributed by atoms with Crippen LogP contribution in [0.25, 0.3) is 21.8 Å². The third kappa shape index (κ3) is 4.02. The molecule has 1 fully saturated rings. The Labute approximate surface area is 174 Å². The zero-order valence-electron chi connectivity index (χ0n) is 16.8. The third-order valence-corrected chi connectivity index (χ3v) is 5.64. The highest BCUT2D eigenvalue weighted by molar-refractivity contribution is 5.95. The van der Waals surface area contributed by atoms with Crippen molar-refractivity contribution < 1.29 is 9.21 Å². The SMILES string of the molecule is O=C(NCc1ccco1)N1CCCN(Cc2nc3cc4ccccc4cc3[nH]2)CC1. The molecule has 2 aromatic heterocycles. The fourth-order valence-electron chi connectivity index (χ4n) is 4.06. The quantitative estimate of drug-likeness (QED) is 0.544. The molecule has 0 bridgehead atoms. The molecule has 2 aromatic carbocycles. The highest BCUT2D eigenvalue weighted by Crippen LogP contribution is 2.21. The minimum atomic E-state index is -0.0383. The number of carbonyl (C=O) groups is 1. The highest BCUT2D eigenvalue weighted by Gasteiger charge is 2.20. The van der Waals surface area contributed by atoms with Crippen LogP contribution >= 0.6 is 0 Å². The summed E-state index contributed by atoms with van der Waals surface area (Å²) in [6.07, 6.45) is 2.56. The van der Waals surface area contributed by atoms with E-state index in [1.807, 2.05) is 17.0 Å². The lowest BCUT2D eigenvalue weighted by Gasteiger charge is -2.21. The number of aromatic amines is 1. The average molecular weight is 403 g/mol. The van der Waals surface area contributed by atoms with E-state index in [4.69, 9.17) is 9.40 Å². The van der Waals surface area contributed by atoms with Crippen LogP contribution in [0.5, 0.6) is 0 Å². The number of rotatable bonds is 4. The van der Waals surface area contributed by atoms with Gasteiger partial charge in [-0.1, -0.05) is 24.3 Å². The first-order chi connectivity index (χ1) is 14.7. The summed E-state index contributed by atoms with van der Waals surface area (Å²) in [5.74, 6) is 1.73. The maximum Gasteiger partial charge on any atom is 0.317 e. The van der Waals surface area contributed by atoms with Crippen LogP contribution in [-0.2, 0) is 13.1 Å². The Morgan fingerprint density at radius 1 is 1.07 bits per heavy atom. The van der Waals surface area contributed by atoms with E-state index in [2.05, 4.69) is 51.6 Å². The number of imidazole rings is 1. The van der Waals surface area contributed by atoms with Crippen LogP contribution in [0.15, 0.2) is 59.2 Å². The highest BCUT2D eigenvalue weighted by atomic mass is 16.3. The largest absolute Gasteiger partial charge is 0.467 e. The second kappa shape index (κ2) is 8.20. The second-order valence-corrected chi connectivity index (χ2v) is 7.75. The molecular weight excluding hydrogens is 378 g/mol. The summed E-state index contributed by atoms with van der Waals surface area (Å²) in [4.78, 5) is 25.0. The molecule has 0 spiro atoms. The van der Waals surface area contributed by atoms with E-state index < -0.39 is 0 Å². The maximum atomic E-state index is 12.5. The van der Waals surface area contributed by atoms with Crippen LogP contribution in [0, 0.1) is 0 Å².